The molecule has 1 amide bonds. The van der Waals surface area contributed by atoms with Gasteiger partial charge in [0, 0.05) is 13.6 Å². The zero-order valence-corrected chi connectivity index (χ0v) is 12.2. The van der Waals surface area contributed by atoms with Crippen molar-refractivity contribution in [1.82, 2.24) is 15.5 Å². The van der Waals surface area contributed by atoms with Crippen LogP contribution in [0.15, 0.2) is 0 Å². The Balaban J connectivity index is 2.57. The summed E-state index contributed by atoms with van der Waals surface area (Å²) in [4.78, 5) is 14.6. The summed E-state index contributed by atoms with van der Waals surface area (Å²) < 4.78 is 0. The summed E-state index contributed by atoms with van der Waals surface area (Å²) in [6, 6.07) is 0. The summed E-state index contributed by atoms with van der Waals surface area (Å²) in [7, 11) is 3.91. The Morgan fingerprint density at radius 3 is 2.61 bits per heavy atom. The van der Waals surface area contributed by atoms with Crippen molar-refractivity contribution in [3.63, 3.8) is 0 Å². The van der Waals surface area contributed by atoms with E-state index in [2.05, 4.69) is 17.6 Å². The van der Waals surface area contributed by atoms with E-state index in [0.29, 0.717) is 5.91 Å². The van der Waals surface area contributed by atoms with E-state index < -0.39 is 0 Å². The van der Waals surface area contributed by atoms with Crippen LogP contribution in [0.5, 0.6) is 0 Å². The Morgan fingerprint density at radius 2 is 2.06 bits per heavy atom. The Hall–Kier alpha value is -0.610. The summed E-state index contributed by atoms with van der Waals surface area (Å²) in [5.74, 6) is 0.363. The summed E-state index contributed by atoms with van der Waals surface area (Å²) >= 11 is 0. The minimum Gasteiger partial charge on any atom is -0.345 e. The van der Waals surface area contributed by atoms with E-state index in [9.17, 15) is 4.79 Å². The average molecular weight is 255 g/mol. The molecule has 1 saturated heterocycles. The second-order valence-electron chi connectivity index (χ2n) is 5.46. The third-order valence-electron chi connectivity index (χ3n) is 4.01. The Labute approximate surface area is 111 Å². The molecule has 0 bridgehead atoms. The van der Waals surface area contributed by atoms with Crippen LogP contribution in [-0.4, -0.2) is 51.1 Å². The van der Waals surface area contributed by atoms with Crippen molar-refractivity contribution in [1.29, 1.82) is 0 Å². The van der Waals surface area contributed by atoms with Crippen LogP contribution < -0.4 is 10.6 Å². The minimum atomic E-state index is -0.0889. The minimum absolute atomic E-state index is 0.0889. The quantitative estimate of drug-likeness (QED) is 0.672. The number of amides is 1. The van der Waals surface area contributed by atoms with Crippen molar-refractivity contribution >= 4 is 5.91 Å². The largest absolute Gasteiger partial charge is 0.345 e. The number of nitrogens with zero attached hydrogens (tertiary/aromatic N) is 1. The number of carbonyl (C=O) groups excluding carboxylic acids is 1. The van der Waals surface area contributed by atoms with Gasteiger partial charge in [-0.05, 0) is 52.4 Å². The molecule has 4 nitrogen and oxygen atoms in total. The molecule has 1 heterocycles. The lowest BCUT2D eigenvalue weighted by Crippen LogP contribution is -2.48. The molecule has 106 valence electrons. The standard InChI is InChI=1S/C14H29N3O/c1-4-6-14(7-10-16-11-8-14)13(18)17(3)12-5-9-15-2/h15-16H,4-12H2,1-3H3. The van der Waals surface area contributed by atoms with Gasteiger partial charge < -0.3 is 15.5 Å². The van der Waals surface area contributed by atoms with Gasteiger partial charge in [0.2, 0.25) is 5.91 Å². The number of nitrogens with one attached hydrogen (secondary N) is 2. The van der Waals surface area contributed by atoms with Crippen LogP contribution in [-0.2, 0) is 4.79 Å². The summed E-state index contributed by atoms with van der Waals surface area (Å²) in [5, 5.41) is 6.49. The first kappa shape index (κ1) is 15.4. The highest BCUT2D eigenvalue weighted by atomic mass is 16.2. The van der Waals surface area contributed by atoms with Crippen LogP contribution >= 0.6 is 0 Å². The normalized spacial score (nSPS) is 18.6. The first-order chi connectivity index (χ1) is 8.66. The third-order valence-corrected chi connectivity index (χ3v) is 4.01. The van der Waals surface area contributed by atoms with E-state index >= 15 is 0 Å². The van der Waals surface area contributed by atoms with Crippen molar-refractivity contribution in [2.24, 2.45) is 5.41 Å². The summed E-state index contributed by atoms with van der Waals surface area (Å²) in [6.07, 6.45) is 5.14. The smallest absolute Gasteiger partial charge is 0.228 e. The van der Waals surface area contributed by atoms with Crippen LogP contribution in [0.4, 0.5) is 0 Å². The molecule has 0 radical (unpaired) electrons. The van der Waals surface area contributed by atoms with Crippen LogP contribution in [0.1, 0.15) is 39.0 Å². The van der Waals surface area contributed by atoms with Crippen molar-refractivity contribution in [3.05, 3.63) is 0 Å². The Morgan fingerprint density at radius 1 is 1.39 bits per heavy atom. The number of hydrogen-bond donors (Lipinski definition) is 2. The Kier molecular flexibility index (Phi) is 6.65. The zero-order valence-electron chi connectivity index (χ0n) is 12.2. The van der Waals surface area contributed by atoms with E-state index in [-0.39, 0.29) is 5.41 Å². The molecule has 1 fully saturated rings. The molecule has 0 spiro atoms. The number of piperidine rings is 1. The van der Waals surface area contributed by atoms with Gasteiger partial charge in [0.05, 0.1) is 5.41 Å². The molecular weight excluding hydrogens is 226 g/mol. The second-order valence-corrected chi connectivity index (χ2v) is 5.46. The van der Waals surface area contributed by atoms with Crippen LogP contribution in [0.3, 0.4) is 0 Å². The van der Waals surface area contributed by atoms with Crippen LogP contribution in [0.25, 0.3) is 0 Å². The predicted molar refractivity (Wildman–Crippen MR) is 75.6 cm³/mol. The van der Waals surface area contributed by atoms with Gasteiger partial charge in [0.15, 0.2) is 0 Å². The fourth-order valence-corrected chi connectivity index (χ4v) is 2.95. The fourth-order valence-electron chi connectivity index (χ4n) is 2.95. The molecule has 0 aromatic rings. The Bertz CT molecular complexity index is 244. The van der Waals surface area contributed by atoms with E-state index in [4.69, 9.17) is 0 Å². The maximum atomic E-state index is 12.7. The van der Waals surface area contributed by atoms with Crippen molar-refractivity contribution in [3.8, 4) is 0 Å². The molecule has 0 saturated carbocycles. The maximum Gasteiger partial charge on any atom is 0.228 e. The van der Waals surface area contributed by atoms with Gasteiger partial charge in [-0.25, -0.2) is 0 Å². The van der Waals surface area contributed by atoms with Gasteiger partial charge in [0.1, 0.15) is 0 Å². The van der Waals surface area contributed by atoms with Gasteiger partial charge in [-0.3, -0.25) is 4.79 Å². The average Bonchev–Trinajstić information content (AvgIpc) is 2.39. The van der Waals surface area contributed by atoms with E-state index in [0.717, 1.165) is 58.3 Å². The maximum absolute atomic E-state index is 12.7. The van der Waals surface area contributed by atoms with Crippen molar-refractivity contribution in [2.45, 2.75) is 39.0 Å². The van der Waals surface area contributed by atoms with E-state index in [1.54, 1.807) is 0 Å². The highest BCUT2D eigenvalue weighted by Crippen LogP contribution is 2.35. The molecule has 1 aliphatic rings. The van der Waals surface area contributed by atoms with Gasteiger partial charge in [-0.2, -0.15) is 0 Å². The monoisotopic (exact) mass is 255 g/mol. The lowest BCUT2D eigenvalue weighted by Gasteiger charge is -2.39. The topological polar surface area (TPSA) is 44.4 Å². The van der Waals surface area contributed by atoms with E-state index in [1.165, 1.54) is 0 Å². The van der Waals surface area contributed by atoms with Crippen LogP contribution in [0.2, 0.25) is 0 Å². The van der Waals surface area contributed by atoms with E-state index in [1.807, 2.05) is 19.0 Å². The molecule has 0 atom stereocenters. The van der Waals surface area contributed by atoms with Gasteiger partial charge in [-0.15, -0.1) is 0 Å². The molecule has 0 unspecified atom stereocenters. The molecule has 18 heavy (non-hydrogen) atoms. The van der Waals surface area contributed by atoms with Crippen molar-refractivity contribution in [2.75, 3.05) is 40.3 Å². The van der Waals surface area contributed by atoms with Gasteiger partial charge >= 0.3 is 0 Å². The molecule has 0 aromatic heterocycles. The lowest BCUT2D eigenvalue weighted by molar-refractivity contribution is -0.143. The molecule has 1 rings (SSSR count). The SMILES string of the molecule is CCCC1(C(=O)N(C)CCCNC)CCNCC1. The summed E-state index contributed by atoms with van der Waals surface area (Å²) in [5.41, 5.74) is -0.0889. The summed E-state index contributed by atoms with van der Waals surface area (Å²) in [6.45, 7) is 5.97. The molecular formula is C14H29N3O. The van der Waals surface area contributed by atoms with Gasteiger partial charge in [-0.1, -0.05) is 13.3 Å². The fraction of sp³-hybridized carbons (Fsp3) is 0.929. The first-order valence-corrected chi connectivity index (χ1v) is 7.27. The molecule has 0 aliphatic carbocycles. The number of rotatable bonds is 7. The lowest BCUT2D eigenvalue weighted by atomic mass is 9.74. The molecule has 0 aromatic carbocycles. The molecule has 2 N–H and O–H groups in total. The zero-order chi connectivity index (χ0) is 13.4. The first-order valence-electron chi connectivity index (χ1n) is 7.27. The second kappa shape index (κ2) is 7.74. The number of hydrogen-bond acceptors (Lipinski definition) is 3. The van der Waals surface area contributed by atoms with Crippen molar-refractivity contribution < 1.29 is 4.79 Å². The highest BCUT2D eigenvalue weighted by Gasteiger charge is 2.39. The third kappa shape index (κ3) is 3.95. The van der Waals surface area contributed by atoms with Gasteiger partial charge in [0.25, 0.3) is 0 Å². The highest BCUT2D eigenvalue weighted by molar-refractivity contribution is 5.82. The van der Waals surface area contributed by atoms with Crippen LogP contribution in [0, 0.1) is 5.41 Å². The molecule has 4 heteroatoms. The predicted octanol–water partition coefficient (Wildman–Crippen LogP) is 1.22. The number of carbonyl (C=O) groups is 1. The molecule has 1 aliphatic heterocycles.